The van der Waals surface area contributed by atoms with Gasteiger partial charge in [0.25, 0.3) is 11.8 Å². The highest BCUT2D eigenvalue weighted by molar-refractivity contribution is 5.95. The van der Waals surface area contributed by atoms with Crippen LogP contribution in [0.25, 0.3) is 11.1 Å². The van der Waals surface area contributed by atoms with E-state index < -0.39 is 64.6 Å². The highest BCUT2D eigenvalue weighted by Gasteiger charge is 2.50. The number of nitrogens with one attached hydrogen (secondary N) is 1. The minimum Gasteiger partial charge on any atom is -0.446 e. The summed E-state index contributed by atoms with van der Waals surface area (Å²) in [6.07, 6.45) is -6.08. The van der Waals surface area contributed by atoms with Crippen molar-refractivity contribution < 1.29 is 68.9 Å². The van der Waals surface area contributed by atoms with E-state index in [1.54, 1.807) is 40.9 Å². The molecule has 4 aliphatic rings. The summed E-state index contributed by atoms with van der Waals surface area (Å²) in [5.41, 5.74) is 1.16. The molecular weight excluding hydrogens is 1250 g/mol. The quantitative estimate of drug-likeness (QED) is 0.0578. The molecule has 5 amide bonds. The normalized spacial score (nSPS) is 18.2. The zero-order valence-corrected chi connectivity index (χ0v) is 54.6. The lowest BCUT2D eigenvalue weighted by molar-refractivity contribution is -0.143. The SMILES string of the molecule is CN(CCN1CCC(OC(=O)Nc2ccccc2-c2ccccc2)CC1)C(=O)CCCN(C)c1ccc(C(=O)N(C)CCCN(C)C(=O)COC2Cc3ccccc3C23CCN(CC[C@@]2(c4ccc(F)cc4)CN(C(=O)c4cc(C(F)(F)F)cc(C(F)(F)F)c4)CO2)CC3)cc1. The first-order valence-corrected chi connectivity index (χ1v) is 32.7. The van der Waals surface area contributed by atoms with Crippen molar-refractivity contribution in [3.63, 3.8) is 0 Å². The number of hydrogen-bond donors (Lipinski definition) is 1. The van der Waals surface area contributed by atoms with E-state index in [-0.39, 0.29) is 55.6 Å². The highest BCUT2D eigenvalue weighted by atomic mass is 19.4. The smallest absolute Gasteiger partial charge is 0.416 e. The number of piperidine rings is 2. The van der Waals surface area contributed by atoms with Gasteiger partial charge in [0.05, 0.1) is 29.5 Å². The Bertz CT molecular complexity index is 3630. The molecule has 3 heterocycles. The number of nitrogens with zero attached hydrogens (tertiary/aromatic N) is 7. The molecule has 1 unspecified atom stereocenters. The summed E-state index contributed by atoms with van der Waals surface area (Å²) in [6.45, 7) is 5.10. The molecule has 96 heavy (non-hydrogen) atoms. The largest absolute Gasteiger partial charge is 0.446 e. The summed E-state index contributed by atoms with van der Waals surface area (Å²) in [7, 11) is 7.23. The number of para-hydroxylation sites is 1. The molecule has 6 aromatic carbocycles. The Morgan fingerprint density at radius 2 is 1.27 bits per heavy atom. The third-order valence-corrected chi connectivity index (χ3v) is 19.4. The van der Waals surface area contributed by atoms with Gasteiger partial charge in [-0.1, -0.05) is 84.9 Å². The van der Waals surface area contributed by atoms with Crippen molar-refractivity contribution in [1.29, 1.82) is 0 Å². The second-order valence-electron chi connectivity index (χ2n) is 25.7. The Balaban J connectivity index is 0.626. The van der Waals surface area contributed by atoms with Gasteiger partial charge in [-0.2, -0.15) is 26.3 Å². The van der Waals surface area contributed by atoms with Gasteiger partial charge >= 0.3 is 18.4 Å². The average Bonchev–Trinajstić information content (AvgIpc) is 1.60. The van der Waals surface area contributed by atoms with E-state index in [9.17, 15) is 54.7 Å². The number of fused-ring (bicyclic) bond motifs is 2. The fraction of sp³-hybridized carbons (Fsp3) is 0.438. The van der Waals surface area contributed by atoms with E-state index in [0.29, 0.717) is 126 Å². The molecule has 16 nitrogen and oxygen atoms in total. The van der Waals surface area contributed by atoms with Gasteiger partial charge in [-0.05, 0) is 147 Å². The molecule has 6 aromatic rings. The predicted octanol–water partition coefficient (Wildman–Crippen LogP) is 12.2. The number of anilines is 2. The molecule has 1 aliphatic carbocycles. The fourth-order valence-corrected chi connectivity index (χ4v) is 13.6. The maximum absolute atomic E-state index is 14.2. The number of alkyl halides is 6. The number of likely N-dealkylation sites (tertiary alicyclic amines) is 2. The summed E-state index contributed by atoms with van der Waals surface area (Å²) >= 11 is 0. The van der Waals surface area contributed by atoms with Crippen molar-refractivity contribution in [3.8, 4) is 11.1 Å². The highest BCUT2D eigenvalue weighted by Crippen LogP contribution is 2.48. The van der Waals surface area contributed by atoms with Gasteiger partial charge in [-0.15, -0.1) is 0 Å². The number of carbonyl (C=O) groups excluding carboxylic acids is 5. The van der Waals surface area contributed by atoms with Crippen LogP contribution in [-0.4, -0.2) is 185 Å². The molecule has 0 saturated carbocycles. The maximum Gasteiger partial charge on any atom is 0.416 e. The molecule has 2 atom stereocenters. The molecule has 0 aromatic heterocycles. The van der Waals surface area contributed by atoms with Gasteiger partial charge in [0.1, 0.15) is 30.9 Å². The monoisotopic (exact) mass is 1330 g/mol. The first kappa shape index (κ1) is 70.4. The molecule has 10 rings (SSSR count). The maximum atomic E-state index is 14.2. The summed E-state index contributed by atoms with van der Waals surface area (Å²) in [5, 5.41) is 2.93. The Morgan fingerprint density at radius 1 is 0.646 bits per heavy atom. The van der Waals surface area contributed by atoms with E-state index in [1.807, 2.05) is 93.0 Å². The van der Waals surface area contributed by atoms with Gasteiger partial charge in [0.15, 0.2) is 0 Å². The number of ether oxygens (including phenoxy) is 3. The molecule has 1 N–H and O–H groups in total. The second kappa shape index (κ2) is 30.8. The van der Waals surface area contributed by atoms with E-state index in [0.717, 1.165) is 52.5 Å². The van der Waals surface area contributed by atoms with Crippen LogP contribution < -0.4 is 10.2 Å². The van der Waals surface area contributed by atoms with Crippen molar-refractivity contribution in [2.24, 2.45) is 0 Å². The lowest BCUT2D eigenvalue weighted by Crippen LogP contribution is -2.50. The molecule has 512 valence electrons. The van der Waals surface area contributed by atoms with Crippen LogP contribution in [0.1, 0.15) is 99.9 Å². The van der Waals surface area contributed by atoms with Gasteiger partial charge in [0, 0.05) is 115 Å². The van der Waals surface area contributed by atoms with Crippen LogP contribution in [0, 0.1) is 5.82 Å². The number of halogens is 7. The summed E-state index contributed by atoms with van der Waals surface area (Å²) in [6, 6.07) is 39.3. The number of benzene rings is 6. The predicted molar refractivity (Wildman–Crippen MR) is 351 cm³/mol. The van der Waals surface area contributed by atoms with Crippen LogP contribution in [0.2, 0.25) is 0 Å². The Labute approximate surface area is 555 Å². The lowest BCUT2D eigenvalue weighted by atomic mass is 9.72. The van der Waals surface area contributed by atoms with Crippen LogP contribution >= 0.6 is 0 Å². The van der Waals surface area contributed by atoms with Crippen LogP contribution in [0.5, 0.6) is 0 Å². The van der Waals surface area contributed by atoms with Crippen molar-refractivity contribution in [2.45, 2.75) is 93.4 Å². The average molecular weight is 1330 g/mol. The molecule has 3 saturated heterocycles. The number of likely N-dealkylation sites (N-methyl/N-ethyl adjacent to an activating group) is 2. The topological polar surface area (TPSA) is 148 Å². The van der Waals surface area contributed by atoms with E-state index >= 15 is 0 Å². The molecule has 3 aliphatic heterocycles. The van der Waals surface area contributed by atoms with Gasteiger partial charge in [0.2, 0.25) is 11.8 Å². The molecule has 0 bridgehead atoms. The Morgan fingerprint density at radius 3 is 1.96 bits per heavy atom. The third-order valence-electron chi connectivity index (χ3n) is 19.4. The van der Waals surface area contributed by atoms with Gasteiger partial charge in [-0.3, -0.25) is 24.5 Å². The number of carbonyl (C=O) groups is 5. The lowest BCUT2D eigenvalue weighted by Gasteiger charge is -2.44. The van der Waals surface area contributed by atoms with Gasteiger partial charge < -0.3 is 48.5 Å². The first-order valence-electron chi connectivity index (χ1n) is 32.7. The van der Waals surface area contributed by atoms with Crippen LogP contribution in [0.3, 0.4) is 0 Å². The second-order valence-corrected chi connectivity index (χ2v) is 25.7. The van der Waals surface area contributed by atoms with E-state index in [2.05, 4.69) is 32.1 Å². The first-order chi connectivity index (χ1) is 45.9. The standard InChI is InChI=1S/C73H83F7N8O8/c1-82(34-12-20-65(89)84(3)42-43-86-37-29-60(30-38-86)96-69(93)81-63-19-11-9-17-61(63)51-14-6-5-7-15-51)59-27-21-52(22-28-59)67(91)85(4)36-13-35-83(2)66(90)48-94-64-46-53-16-8-10-18-62(53)70(64)31-39-87(40-32-70)41-33-71(55-23-25-58(74)26-24-55)49-88(50-95-71)68(92)54-44-56(72(75,76)77)47-57(45-54)73(78,79)80/h5-11,14-19,21-28,44-45,47,60,64H,12-13,20,29-43,46,48-50H2,1-4H3,(H,81,93)/t64?,71-/m0/s1. The molecule has 1 spiro atoms. The number of amides is 5. The zero-order chi connectivity index (χ0) is 68.4. The Hall–Kier alpha value is -8.38. The van der Waals surface area contributed by atoms with Crippen molar-refractivity contribution >= 4 is 41.1 Å². The van der Waals surface area contributed by atoms with Gasteiger partial charge in [-0.25, -0.2) is 9.18 Å². The summed E-state index contributed by atoms with van der Waals surface area (Å²) in [5.74, 6) is -1.90. The zero-order valence-electron chi connectivity index (χ0n) is 54.6. The number of hydrogen-bond acceptors (Lipinski definition) is 11. The molecule has 0 radical (unpaired) electrons. The van der Waals surface area contributed by atoms with Crippen LogP contribution in [0.15, 0.2) is 146 Å². The minimum atomic E-state index is -5.15. The fourth-order valence-electron chi connectivity index (χ4n) is 13.6. The van der Waals surface area contributed by atoms with Crippen molar-refractivity contribution in [2.75, 3.05) is 124 Å². The third kappa shape index (κ3) is 17.2. The molecular formula is C73H83F7N8O8. The Kier molecular flexibility index (Phi) is 22.6. The summed E-state index contributed by atoms with van der Waals surface area (Å²) < 4.78 is 116. The van der Waals surface area contributed by atoms with Crippen LogP contribution in [0.4, 0.5) is 46.9 Å². The van der Waals surface area contributed by atoms with E-state index in [1.165, 1.54) is 24.3 Å². The molecule has 23 heteroatoms. The summed E-state index contributed by atoms with van der Waals surface area (Å²) in [4.78, 5) is 79.7. The van der Waals surface area contributed by atoms with E-state index in [4.69, 9.17) is 14.2 Å². The molecule has 3 fully saturated rings. The van der Waals surface area contributed by atoms with Crippen LogP contribution in [-0.2, 0) is 53.6 Å². The number of rotatable bonds is 24. The van der Waals surface area contributed by atoms with Crippen molar-refractivity contribution in [3.05, 3.63) is 190 Å². The van der Waals surface area contributed by atoms with Crippen molar-refractivity contribution in [1.82, 2.24) is 29.4 Å². The minimum absolute atomic E-state index is 0.0293.